The SMILES string of the molecule is CN=C(c1ncc(C)c(N)n1)c1cc(F)cc(F)c1C. The maximum Gasteiger partial charge on any atom is 0.180 e. The molecule has 0 atom stereocenters. The number of nitrogens with zero attached hydrogens (tertiary/aromatic N) is 3. The number of aryl methyl sites for hydroxylation is 1. The Kier molecular flexibility index (Phi) is 3.74. The van der Waals surface area contributed by atoms with Gasteiger partial charge in [0.15, 0.2) is 5.82 Å². The lowest BCUT2D eigenvalue weighted by Gasteiger charge is -2.10. The summed E-state index contributed by atoms with van der Waals surface area (Å²) in [6, 6.07) is 2.04. The number of nitrogens with two attached hydrogens (primary N) is 1. The van der Waals surface area contributed by atoms with Gasteiger partial charge in [-0.3, -0.25) is 4.99 Å². The van der Waals surface area contributed by atoms with Crippen LogP contribution in [0.2, 0.25) is 0 Å². The molecule has 104 valence electrons. The van der Waals surface area contributed by atoms with Crippen LogP contribution >= 0.6 is 0 Å². The molecule has 1 aromatic carbocycles. The molecule has 0 radical (unpaired) electrons. The number of nitrogen functional groups attached to an aromatic ring is 1. The lowest BCUT2D eigenvalue weighted by atomic mass is 10.0. The highest BCUT2D eigenvalue weighted by atomic mass is 19.1. The maximum absolute atomic E-state index is 13.6. The van der Waals surface area contributed by atoms with Gasteiger partial charge in [-0.05, 0) is 25.5 Å². The summed E-state index contributed by atoms with van der Waals surface area (Å²) >= 11 is 0. The number of hydrogen-bond donors (Lipinski definition) is 1. The third-order valence-electron chi connectivity index (χ3n) is 3.01. The van der Waals surface area contributed by atoms with Gasteiger partial charge in [0.2, 0.25) is 0 Å². The number of hydrogen-bond acceptors (Lipinski definition) is 4. The van der Waals surface area contributed by atoms with Gasteiger partial charge in [-0.15, -0.1) is 0 Å². The van der Waals surface area contributed by atoms with E-state index in [4.69, 9.17) is 5.73 Å². The van der Waals surface area contributed by atoms with Crippen LogP contribution in [0.3, 0.4) is 0 Å². The van der Waals surface area contributed by atoms with Gasteiger partial charge in [0.05, 0.1) is 0 Å². The predicted molar refractivity (Wildman–Crippen MR) is 73.8 cm³/mol. The van der Waals surface area contributed by atoms with Crippen LogP contribution in [0.5, 0.6) is 0 Å². The van der Waals surface area contributed by atoms with Crippen molar-refractivity contribution in [3.05, 3.63) is 52.5 Å². The fourth-order valence-electron chi connectivity index (χ4n) is 1.80. The summed E-state index contributed by atoms with van der Waals surface area (Å²) in [4.78, 5) is 12.3. The summed E-state index contributed by atoms with van der Waals surface area (Å²) in [5.41, 5.74) is 7.36. The molecule has 20 heavy (non-hydrogen) atoms. The van der Waals surface area contributed by atoms with Crippen LogP contribution in [-0.2, 0) is 0 Å². The van der Waals surface area contributed by atoms with Crippen molar-refractivity contribution >= 4 is 11.5 Å². The Balaban J connectivity index is 2.62. The molecule has 4 nitrogen and oxygen atoms in total. The summed E-state index contributed by atoms with van der Waals surface area (Å²) in [5, 5.41) is 0. The van der Waals surface area contributed by atoms with Crippen LogP contribution < -0.4 is 5.73 Å². The monoisotopic (exact) mass is 276 g/mol. The molecule has 0 aliphatic rings. The summed E-state index contributed by atoms with van der Waals surface area (Å²) in [7, 11) is 1.51. The number of aliphatic imine (C=N–C) groups is 1. The van der Waals surface area contributed by atoms with Gasteiger partial charge in [-0.2, -0.15) is 0 Å². The fourth-order valence-corrected chi connectivity index (χ4v) is 1.80. The van der Waals surface area contributed by atoms with Gasteiger partial charge < -0.3 is 5.73 Å². The minimum atomic E-state index is -0.677. The highest BCUT2D eigenvalue weighted by Gasteiger charge is 2.16. The van der Waals surface area contributed by atoms with Crippen molar-refractivity contribution < 1.29 is 8.78 Å². The van der Waals surface area contributed by atoms with E-state index < -0.39 is 11.6 Å². The summed E-state index contributed by atoms with van der Waals surface area (Å²) < 4.78 is 27.0. The van der Waals surface area contributed by atoms with Gasteiger partial charge in [0.25, 0.3) is 0 Å². The van der Waals surface area contributed by atoms with Crippen molar-refractivity contribution in [3.63, 3.8) is 0 Å². The Hall–Kier alpha value is -2.37. The molecule has 0 fully saturated rings. The number of rotatable bonds is 2. The largest absolute Gasteiger partial charge is 0.383 e. The van der Waals surface area contributed by atoms with Crippen LogP contribution in [0.25, 0.3) is 0 Å². The third-order valence-corrected chi connectivity index (χ3v) is 3.01. The second-order valence-electron chi connectivity index (χ2n) is 4.39. The normalized spacial score (nSPS) is 11.8. The van der Waals surface area contributed by atoms with E-state index in [0.29, 0.717) is 17.1 Å². The van der Waals surface area contributed by atoms with Crippen molar-refractivity contribution in [1.82, 2.24) is 9.97 Å². The zero-order valence-corrected chi connectivity index (χ0v) is 11.4. The number of halogens is 2. The highest BCUT2D eigenvalue weighted by molar-refractivity contribution is 6.11. The van der Waals surface area contributed by atoms with Crippen molar-refractivity contribution in [2.24, 2.45) is 4.99 Å². The molecule has 2 rings (SSSR count). The maximum atomic E-state index is 13.6. The number of aromatic nitrogens is 2. The summed E-state index contributed by atoms with van der Waals surface area (Å²) in [6.07, 6.45) is 1.55. The zero-order valence-electron chi connectivity index (χ0n) is 11.4. The number of anilines is 1. The first-order valence-electron chi connectivity index (χ1n) is 5.96. The molecule has 0 saturated carbocycles. The van der Waals surface area contributed by atoms with Gasteiger partial charge in [0.1, 0.15) is 23.2 Å². The van der Waals surface area contributed by atoms with Crippen molar-refractivity contribution in [3.8, 4) is 0 Å². The predicted octanol–water partition coefficient (Wildman–Crippen LogP) is 2.42. The fraction of sp³-hybridized carbons (Fsp3) is 0.214. The minimum absolute atomic E-state index is 0.240. The molecule has 6 heteroatoms. The van der Waals surface area contributed by atoms with Crippen molar-refractivity contribution in [2.75, 3.05) is 12.8 Å². The van der Waals surface area contributed by atoms with Crippen LogP contribution in [-0.4, -0.2) is 22.7 Å². The van der Waals surface area contributed by atoms with Crippen LogP contribution in [0.4, 0.5) is 14.6 Å². The topological polar surface area (TPSA) is 64.2 Å². The Bertz CT molecular complexity index is 696. The second-order valence-corrected chi connectivity index (χ2v) is 4.39. The molecular formula is C14H14F2N4. The van der Waals surface area contributed by atoms with Crippen LogP contribution in [0.15, 0.2) is 23.3 Å². The van der Waals surface area contributed by atoms with Gasteiger partial charge in [-0.1, -0.05) is 0 Å². The molecule has 0 aliphatic carbocycles. The zero-order chi connectivity index (χ0) is 14.9. The van der Waals surface area contributed by atoms with E-state index in [-0.39, 0.29) is 11.4 Å². The Labute approximate surface area is 115 Å². The Morgan fingerprint density at radius 2 is 1.95 bits per heavy atom. The molecule has 0 amide bonds. The molecule has 0 aliphatic heterocycles. The first-order chi connectivity index (χ1) is 9.43. The van der Waals surface area contributed by atoms with E-state index >= 15 is 0 Å². The first-order valence-corrected chi connectivity index (χ1v) is 5.96. The average Bonchev–Trinajstić information content (AvgIpc) is 2.40. The van der Waals surface area contributed by atoms with Crippen molar-refractivity contribution in [2.45, 2.75) is 13.8 Å². The summed E-state index contributed by atoms with van der Waals surface area (Å²) in [5.74, 6) is -0.764. The molecule has 1 aromatic heterocycles. The van der Waals surface area contributed by atoms with E-state index in [1.807, 2.05) is 0 Å². The van der Waals surface area contributed by atoms with Gasteiger partial charge in [0, 0.05) is 30.4 Å². The van der Waals surface area contributed by atoms with Crippen molar-refractivity contribution in [1.29, 1.82) is 0 Å². The van der Waals surface area contributed by atoms with Gasteiger partial charge >= 0.3 is 0 Å². The third kappa shape index (κ3) is 2.49. The Morgan fingerprint density at radius 3 is 2.55 bits per heavy atom. The quantitative estimate of drug-likeness (QED) is 0.857. The van der Waals surface area contributed by atoms with Gasteiger partial charge in [-0.25, -0.2) is 18.7 Å². The molecule has 0 bridgehead atoms. The van der Waals surface area contributed by atoms with E-state index in [1.165, 1.54) is 13.1 Å². The van der Waals surface area contributed by atoms with E-state index in [0.717, 1.165) is 11.6 Å². The molecule has 0 saturated heterocycles. The molecule has 2 N–H and O–H groups in total. The molecule has 1 heterocycles. The van der Waals surface area contributed by atoms with E-state index in [1.54, 1.807) is 20.0 Å². The lowest BCUT2D eigenvalue weighted by Crippen LogP contribution is -2.13. The first kappa shape index (κ1) is 14.0. The molecule has 2 aromatic rings. The highest BCUT2D eigenvalue weighted by Crippen LogP contribution is 2.19. The average molecular weight is 276 g/mol. The number of benzene rings is 1. The van der Waals surface area contributed by atoms with Crippen LogP contribution in [0, 0.1) is 25.5 Å². The standard InChI is InChI=1S/C14H14F2N4/c1-7-6-19-14(20-13(7)17)12(18-3)10-4-9(15)5-11(16)8(10)2/h4-6H,1-3H3,(H2,17,19,20). The molecule has 0 unspecified atom stereocenters. The second kappa shape index (κ2) is 5.32. The summed E-state index contributed by atoms with van der Waals surface area (Å²) in [6.45, 7) is 3.32. The van der Waals surface area contributed by atoms with E-state index in [9.17, 15) is 8.78 Å². The molecule has 0 spiro atoms. The minimum Gasteiger partial charge on any atom is -0.383 e. The van der Waals surface area contributed by atoms with Crippen LogP contribution in [0.1, 0.15) is 22.5 Å². The lowest BCUT2D eigenvalue weighted by molar-refractivity contribution is 0.577. The smallest absolute Gasteiger partial charge is 0.180 e. The van der Waals surface area contributed by atoms with E-state index in [2.05, 4.69) is 15.0 Å². The Morgan fingerprint density at radius 1 is 1.25 bits per heavy atom. The molecular weight excluding hydrogens is 262 g/mol.